The minimum absolute atomic E-state index is 0.142. The summed E-state index contributed by atoms with van der Waals surface area (Å²) < 4.78 is 35.9. The van der Waals surface area contributed by atoms with Crippen molar-refractivity contribution in [3.63, 3.8) is 0 Å². The van der Waals surface area contributed by atoms with E-state index in [-0.39, 0.29) is 16.1 Å². The molecule has 164 valence electrons. The van der Waals surface area contributed by atoms with Crippen LogP contribution >= 0.6 is 11.3 Å². The molecule has 0 saturated heterocycles. The largest absolute Gasteiger partial charge is 0.495 e. The van der Waals surface area contributed by atoms with Gasteiger partial charge in [-0.2, -0.15) is 4.99 Å². The molecular formula is C23H21N3O4S2. The SMILES string of the molecule is COc1ccc(C)c2sc(=NC(=O)c3cccc(NS(=O)(=O)c4ccccc4)c3)n(C)c12. The Kier molecular flexibility index (Phi) is 5.86. The maximum absolute atomic E-state index is 12.9. The first-order chi connectivity index (χ1) is 15.3. The Labute approximate surface area is 189 Å². The van der Waals surface area contributed by atoms with Crippen LogP contribution in [0.4, 0.5) is 5.69 Å². The van der Waals surface area contributed by atoms with Gasteiger partial charge in [-0.25, -0.2) is 8.42 Å². The molecule has 0 fully saturated rings. The number of benzene rings is 3. The van der Waals surface area contributed by atoms with E-state index >= 15 is 0 Å². The molecule has 4 rings (SSSR count). The first kappa shape index (κ1) is 21.8. The van der Waals surface area contributed by atoms with Gasteiger partial charge in [-0.3, -0.25) is 9.52 Å². The highest BCUT2D eigenvalue weighted by Gasteiger charge is 2.16. The molecule has 9 heteroatoms. The van der Waals surface area contributed by atoms with Crippen molar-refractivity contribution in [3.8, 4) is 5.75 Å². The Hall–Kier alpha value is -3.43. The molecule has 0 bridgehead atoms. The third-order valence-corrected chi connectivity index (χ3v) is 7.60. The van der Waals surface area contributed by atoms with Crippen LogP contribution < -0.4 is 14.3 Å². The smallest absolute Gasteiger partial charge is 0.279 e. The Bertz CT molecular complexity index is 1490. The summed E-state index contributed by atoms with van der Waals surface area (Å²) >= 11 is 1.40. The highest BCUT2D eigenvalue weighted by molar-refractivity contribution is 7.92. The second kappa shape index (κ2) is 8.60. The molecule has 0 unspecified atom stereocenters. The van der Waals surface area contributed by atoms with E-state index in [0.717, 1.165) is 15.8 Å². The lowest BCUT2D eigenvalue weighted by atomic mass is 10.2. The maximum atomic E-state index is 12.9. The van der Waals surface area contributed by atoms with Gasteiger partial charge in [0, 0.05) is 18.3 Å². The average Bonchev–Trinajstić information content (AvgIpc) is 3.12. The minimum atomic E-state index is -3.76. The summed E-state index contributed by atoms with van der Waals surface area (Å²) in [4.78, 5) is 17.8. The summed E-state index contributed by atoms with van der Waals surface area (Å²) in [6, 6.07) is 18.2. The molecule has 0 spiro atoms. The molecule has 4 aromatic rings. The second-order valence-corrected chi connectivity index (χ2v) is 9.78. The minimum Gasteiger partial charge on any atom is -0.495 e. The Morgan fingerprint density at radius 1 is 1.06 bits per heavy atom. The van der Waals surface area contributed by atoms with E-state index in [1.165, 1.54) is 29.5 Å². The topological polar surface area (TPSA) is 89.8 Å². The zero-order valence-corrected chi connectivity index (χ0v) is 19.3. The monoisotopic (exact) mass is 467 g/mol. The third-order valence-electron chi connectivity index (χ3n) is 4.94. The maximum Gasteiger partial charge on any atom is 0.279 e. The van der Waals surface area contributed by atoms with Gasteiger partial charge in [-0.05, 0) is 48.9 Å². The number of rotatable bonds is 5. The average molecular weight is 468 g/mol. The molecule has 3 aromatic carbocycles. The number of anilines is 1. The first-order valence-electron chi connectivity index (χ1n) is 9.70. The van der Waals surface area contributed by atoms with Crippen molar-refractivity contribution in [2.45, 2.75) is 11.8 Å². The first-order valence-corrected chi connectivity index (χ1v) is 12.0. The van der Waals surface area contributed by atoms with Crippen molar-refractivity contribution in [2.24, 2.45) is 12.0 Å². The van der Waals surface area contributed by atoms with Crippen molar-refractivity contribution in [3.05, 3.63) is 82.7 Å². The van der Waals surface area contributed by atoms with E-state index in [0.29, 0.717) is 10.6 Å². The number of hydrogen-bond donors (Lipinski definition) is 1. The van der Waals surface area contributed by atoms with Crippen LogP contribution in [-0.2, 0) is 17.1 Å². The highest BCUT2D eigenvalue weighted by atomic mass is 32.2. The van der Waals surface area contributed by atoms with E-state index in [2.05, 4.69) is 9.71 Å². The lowest BCUT2D eigenvalue weighted by molar-refractivity contribution is 0.0998. The van der Waals surface area contributed by atoms with Crippen LogP contribution in [-0.4, -0.2) is 26.0 Å². The van der Waals surface area contributed by atoms with E-state index in [4.69, 9.17) is 4.74 Å². The number of aromatic nitrogens is 1. The number of aryl methyl sites for hydroxylation is 2. The summed E-state index contributed by atoms with van der Waals surface area (Å²) in [5, 5.41) is 0. The Morgan fingerprint density at radius 3 is 2.53 bits per heavy atom. The fourth-order valence-electron chi connectivity index (χ4n) is 3.30. The standard InChI is InChI=1S/C23H21N3O4S2/c1-15-12-13-19(30-3)20-21(15)31-23(26(20)2)24-22(27)16-8-7-9-17(14-16)25-32(28,29)18-10-5-4-6-11-18/h4-14,25H,1-3H3. The van der Waals surface area contributed by atoms with Crippen molar-refractivity contribution < 1.29 is 17.9 Å². The number of amides is 1. The lowest BCUT2D eigenvalue weighted by Gasteiger charge is -2.08. The van der Waals surface area contributed by atoms with Gasteiger partial charge in [0.2, 0.25) is 0 Å². The number of fused-ring (bicyclic) bond motifs is 1. The molecule has 0 aliphatic carbocycles. The van der Waals surface area contributed by atoms with E-state index < -0.39 is 15.9 Å². The van der Waals surface area contributed by atoms with Gasteiger partial charge in [-0.15, -0.1) is 0 Å². The molecule has 0 atom stereocenters. The molecule has 1 amide bonds. The van der Waals surface area contributed by atoms with Crippen molar-refractivity contribution >= 4 is 43.2 Å². The quantitative estimate of drug-likeness (QED) is 0.479. The summed E-state index contributed by atoms with van der Waals surface area (Å²) in [5.74, 6) is 0.236. The van der Waals surface area contributed by atoms with Crippen molar-refractivity contribution in [1.82, 2.24) is 4.57 Å². The van der Waals surface area contributed by atoms with Gasteiger partial charge >= 0.3 is 0 Å². The van der Waals surface area contributed by atoms with Gasteiger partial charge in [0.15, 0.2) is 4.80 Å². The fraction of sp³-hybridized carbons (Fsp3) is 0.130. The van der Waals surface area contributed by atoms with Crippen LogP contribution in [0.1, 0.15) is 15.9 Å². The number of nitrogens with one attached hydrogen (secondary N) is 1. The molecular weight excluding hydrogens is 446 g/mol. The summed E-state index contributed by atoms with van der Waals surface area (Å²) in [5.41, 5.74) is 2.49. The van der Waals surface area contributed by atoms with Crippen LogP contribution in [0.2, 0.25) is 0 Å². The van der Waals surface area contributed by atoms with Crippen LogP contribution in [0.25, 0.3) is 10.2 Å². The Balaban J connectivity index is 1.69. The number of methoxy groups -OCH3 is 1. The number of carbonyl (C=O) groups excluding carboxylic acids is 1. The van der Waals surface area contributed by atoms with Gasteiger partial charge in [0.25, 0.3) is 15.9 Å². The van der Waals surface area contributed by atoms with Crippen LogP contribution in [0.3, 0.4) is 0 Å². The molecule has 0 saturated carbocycles. The number of sulfonamides is 1. The normalized spacial score (nSPS) is 12.2. The number of thiazole rings is 1. The van der Waals surface area contributed by atoms with Crippen LogP contribution in [0.5, 0.6) is 5.75 Å². The summed E-state index contributed by atoms with van der Waals surface area (Å²) in [6.07, 6.45) is 0. The summed E-state index contributed by atoms with van der Waals surface area (Å²) in [7, 11) is -0.325. The fourth-order valence-corrected chi connectivity index (χ4v) is 5.47. The molecule has 7 nitrogen and oxygen atoms in total. The lowest BCUT2D eigenvalue weighted by Crippen LogP contribution is -2.15. The van der Waals surface area contributed by atoms with Gasteiger partial charge in [0.05, 0.1) is 16.7 Å². The summed E-state index contributed by atoms with van der Waals surface area (Å²) in [6.45, 7) is 1.99. The molecule has 1 N–H and O–H groups in total. The van der Waals surface area contributed by atoms with Crippen molar-refractivity contribution in [1.29, 1.82) is 0 Å². The zero-order valence-electron chi connectivity index (χ0n) is 17.7. The number of ether oxygens (including phenoxy) is 1. The predicted octanol–water partition coefficient (Wildman–Crippen LogP) is 4.10. The Morgan fingerprint density at radius 2 is 1.81 bits per heavy atom. The molecule has 0 aliphatic heterocycles. The molecule has 0 aliphatic rings. The molecule has 1 aromatic heterocycles. The van der Waals surface area contributed by atoms with Crippen LogP contribution in [0, 0.1) is 6.92 Å². The number of hydrogen-bond acceptors (Lipinski definition) is 5. The zero-order chi connectivity index (χ0) is 22.9. The second-order valence-electron chi connectivity index (χ2n) is 7.12. The predicted molar refractivity (Wildman–Crippen MR) is 126 cm³/mol. The van der Waals surface area contributed by atoms with Crippen molar-refractivity contribution in [2.75, 3.05) is 11.8 Å². The molecule has 32 heavy (non-hydrogen) atoms. The van der Waals surface area contributed by atoms with Gasteiger partial charge in [-0.1, -0.05) is 41.7 Å². The number of carbonyl (C=O) groups is 1. The van der Waals surface area contributed by atoms with Crippen LogP contribution in [0.15, 0.2) is 76.6 Å². The van der Waals surface area contributed by atoms with E-state index in [1.807, 2.05) is 30.7 Å². The molecule has 1 heterocycles. The van der Waals surface area contributed by atoms with Gasteiger partial charge in [0.1, 0.15) is 11.3 Å². The highest BCUT2D eigenvalue weighted by Crippen LogP contribution is 2.29. The third kappa shape index (κ3) is 4.17. The van der Waals surface area contributed by atoms with E-state index in [9.17, 15) is 13.2 Å². The molecule has 0 radical (unpaired) electrons. The number of nitrogens with zero attached hydrogens (tertiary/aromatic N) is 2. The van der Waals surface area contributed by atoms with E-state index in [1.54, 1.807) is 43.5 Å². The van der Waals surface area contributed by atoms with Gasteiger partial charge < -0.3 is 9.30 Å².